The molecule has 1 aliphatic rings. The molecule has 0 radical (unpaired) electrons. The number of benzene rings is 1. The van der Waals surface area contributed by atoms with Gasteiger partial charge < -0.3 is 9.80 Å². The molecule has 28 heavy (non-hydrogen) atoms. The quantitative estimate of drug-likeness (QED) is 0.636. The zero-order chi connectivity index (χ0) is 19.3. The Hall–Kier alpha value is -3.19. The number of hydrogen-bond acceptors (Lipinski definition) is 5. The van der Waals surface area contributed by atoms with Crippen LogP contribution in [0.25, 0.3) is 11.9 Å². The van der Waals surface area contributed by atoms with E-state index in [0.717, 1.165) is 24.5 Å². The van der Waals surface area contributed by atoms with Crippen molar-refractivity contribution in [2.45, 2.75) is 0 Å². The van der Waals surface area contributed by atoms with Crippen LogP contribution in [0.4, 0.5) is 5.82 Å². The minimum Gasteiger partial charge on any atom is -0.352 e. The van der Waals surface area contributed by atoms with Crippen molar-refractivity contribution in [1.82, 2.24) is 24.9 Å². The molecule has 0 spiro atoms. The first-order chi connectivity index (χ1) is 13.7. The monoisotopic (exact) mass is 394 g/mol. The summed E-state index contributed by atoms with van der Waals surface area (Å²) >= 11 is 5.88. The van der Waals surface area contributed by atoms with Gasteiger partial charge in [0.25, 0.3) is 0 Å². The van der Waals surface area contributed by atoms with Crippen LogP contribution < -0.4 is 4.90 Å². The highest BCUT2D eigenvalue weighted by atomic mass is 35.5. The van der Waals surface area contributed by atoms with Gasteiger partial charge in [-0.1, -0.05) is 23.7 Å². The second-order valence-corrected chi connectivity index (χ2v) is 6.83. The average Bonchev–Trinajstić information content (AvgIpc) is 3.28. The van der Waals surface area contributed by atoms with Crippen molar-refractivity contribution in [3.63, 3.8) is 0 Å². The van der Waals surface area contributed by atoms with E-state index in [2.05, 4.69) is 20.2 Å². The maximum absolute atomic E-state index is 12.4. The Kier molecular flexibility index (Phi) is 5.34. The highest BCUT2D eigenvalue weighted by molar-refractivity contribution is 6.30. The Labute approximate surface area is 167 Å². The summed E-state index contributed by atoms with van der Waals surface area (Å²) in [5.41, 5.74) is 0.948. The number of halogens is 1. The van der Waals surface area contributed by atoms with Gasteiger partial charge in [-0.05, 0) is 42.0 Å². The molecule has 7 nitrogen and oxygen atoms in total. The van der Waals surface area contributed by atoms with Crippen molar-refractivity contribution in [3.05, 3.63) is 71.5 Å². The number of rotatable bonds is 4. The maximum atomic E-state index is 12.4. The van der Waals surface area contributed by atoms with E-state index in [1.807, 2.05) is 59.6 Å². The third kappa shape index (κ3) is 4.20. The molecule has 1 saturated heterocycles. The molecule has 8 heteroatoms. The molecule has 0 N–H and O–H groups in total. The van der Waals surface area contributed by atoms with Gasteiger partial charge in [0.2, 0.25) is 5.91 Å². The number of hydrogen-bond donors (Lipinski definition) is 0. The molecule has 1 aromatic carbocycles. The molecule has 3 aromatic rings. The number of aromatic nitrogens is 4. The van der Waals surface area contributed by atoms with Gasteiger partial charge >= 0.3 is 0 Å². The molecule has 0 saturated carbocycles. The molecular weight excluding hydrogens is 376 g/mol. The van der Waals surface area contributed by atoms with Crippen LogP contribution in [0.3, 0.4) is 0 Å². The molecule has 1 aliphatic heterocycles. The Morgan fingerprint density at radius 1 is 0.964 bits per heavy atom. The zero-order valence-electron chi connectivity index (χ0n) is 15.1. The number of carbonyl (C=O) groups is 1. The lowest BCUT2D eigenvalue weighted by Crippen LogP contribution is -2.48. The highest BCUT2D eigenvalue weighted by Gasteiger charge is 2.20. The Balaban J connectivity index is 1.32. The smallest absolute Gasteiger partial charge is 0.246 e. The summed E-state index contributed by atoms with van der Waals surface area (Å²) in [4.78, 5) is 16.4. The normalized spacial score (nSPS) is 14.6. The van der Waals surface area contributed by atoms with Crippen LogP contribution in [0.1, 0.15) is 5.56 Å². The second kappa shape index (κ2) is 8.22. The third-order valence-corrected chi connectivity index (χ3v) is 4.83. The predicted octanol–water partition coefficient (Wildman–Crippen LogP) is 2.68. The number of anilines is 1. The van der Waals surface area contributed by atoms with E-state index < -0.39 is 0 Å². The van der Waals surface area contributed by atoms with Crippen LogP contribution in [-0.4, -0.2) is 57.0 Å². The molecule has 3 heterocycles. The van der Waals surface area contributed by atoms with Crippen molar-refractivity contribution in [1.29, 1.82) is 0 Å². The highest BCUT2D eigenvalue weighted by Crippen LogP contribution is 2.15. The molecular formula is C20H19ClN6O. The topological polar surface area (TPSA) is 67.2 Å². The van der Waals surface area contributed by atoms with E-state index >= 15 is 0 Å². The summed E-state index contributed by atoms with van der Waals surface area (Å²) in [6.45, 7) is 2.73. The number of nitrogens with zero attached hydrogens (tertiary/aromatic N) is 6. The maximum Gasteiger partial charge on any atom is 0.246 e. The van der Waals surface area contributed by atoms with Gasteiger partial charge in [0.15, 0.2) is 11.6 Å². The summed E-state index contributed by atoms with van der Waals surface area (Å²) < 4.78 is 1.67. The molecule has 0 aliphatic carbocycles. The van der Waals surface area contributed by atoms with E-state index in [1.54, 1.807) is 17.0 Å². The van der Waals surface area contributed by atoms with Crippen molar-refractivity contribution in [3.8, 4) is 5.82 Å². The number of carbonyl (C=O) groups excluding carboxylic acids is 1. The largest absolute Gasteiger partial charge is 0.352 e. The minimum atomic E-state index is 0.00899. The summed E-state index contributed by atoms with van der Waals surface area (Å²) in [5, 5.41) is 13.4. The van der Waals surface area contributed by atoms with E-state index in [4.69, 9.17) is 11.6 Å². The molecule has 1 fully saturated rings. The second-order valence-electron chi connectivity index (χ2n) is 6.40. The van der Waals surface area contributed by atoms with Gasteiger partial charge in [-0.2, -0.15) is 5.10 Å². The van der Waals surface area contributed by atoms with Crippen LogP contribution in [0.15, 0.2) is 60.9 Å². The van der Waals surface area contributed by atoms with Crippen molar-refractivity contribution in [2.24, 2.45) is 0 Å². The van der Waals surface area contributed by atoms with Crippen LogP contribution in [-0.2, 0) is 4.79 Å². The van der Waals surface area contributed by atoms with Crippen molar-refractivity contribution < 1.29 is 4.79 Å². The standard InChI is InChI=1S/C20H19ClN6O/c21-17-5-2-16(3-6-17)4-9-20(28)26-14-12-25(13-15-26)18-7-8-19(24-23-18)27-11-1-10-22-27/h1-11H,12-15H2/b9-4+. The van der Waals surface area contributed by atoms with Gasteiger partial charge in [-0.3, -0.25) is 4.79 Å². The van der Waals surface area contributed by atoms with Crippen LogP contribution in [0.5, 0.6) is 0 Å². The Morgan fingerprint density at radius 2 is 1.68 bits per heavy atom. The third-order valence-electron chi connectivity index (χ3n) is 4.58. The van der Waals surface area contributed by atoms with E-state index in [-0.39, 0.29) is 5.91 Å². The van der Waals surface area contributed by atoms with Crippen LogP contribution >= 0.6 is 11.6 Å². The van der Waals surface area contributed by atoms with Gasteiger partial charge in [0.1, 0.15) is 0 Å². The number of piperazine rings is 1. The SMILES string of the molecule is O=C(/C=C/c1ccc(Cl)cc1)N1CCN(c2ccc(-n3cccn3)nn2)CC1. The summed E-state index contributed by atoms with van der Waals surface area (Å²) in [6.07, 6.45) is 6.95. The fourth-order valence-electron chi connectivity index (χ4n) is 3.02. The lowest BCUT2D eigenvalue weighted by Gasteiger charge is -2.34. The van der Waals surface area contributed by atoms with Crippen molar-refractivity contribution in [2.75, 3.05) is 31.1 Å². The molecule has 0 atom stereocenters. The lowest BCUT2D eigenvalue weighted by atomic mass is 10.2. The van der Waals surface area contributed by atoms with Crippen LogP contribution in [0.2, 0.25) is 5.02 Å². The van der Waals surface area contributed by atoms with Crippen molar-refractivity contribution >= 4 is 29.4 Å². The van der Waals surface area contributed by atoms with E-state index in [1.165, 1.54) is 0 Å². The van der Waals surface area contributed by atoms with Gasteiger partial charge in [0, 0.05) is 49.7 Å². The first-order valence-corrected chi connectivity index (χ1v) is 9.38. The Morgan fingerprint density at radius 3 is 2.32 bits per heavy atom. The fraction of sp³-hybridized carbons (Fsp3) is 0.200. The Bertz CT molecular complexity index is 945. The summed E-state index contributed by atoms with van der Waals surface area (Å²) in [7, 11) is 0. The fourth-order valence-corrected chi connectivity index (χ4v) is 3.14. The molecule has 0 bridgehead atoms. The minimum absolute atomic E-state index is 0.00899. The summed E-state index contributed by atoms with van der Waals surface area (Å²) in [6, 6.07) is 13.1. The molecule has 2 aromatic heterocycles. The lowest BCUT2D eigenvalue weighted by molar-refractivity contribution is -0.126. The molecule has 0 unspecified atom stereocenters. The first-order valence-electron chi connectivity index (χ1n) is 9.00. The first kappa shape index (κ1) is 18.2. The van der Waals surface area contributed by atoms with E-state index in [9.17, 15) is 4.79 Å². The summed E-state index contributed by atoms with van der Waals surface area (Å²) in [5.74, 6) is 1.49. The molecule has 1 amide bonds. The average molecular weight is 395 g/mol. The predicted molar refractivity (Wildman–Crippen MR) is 108 cm³/mol. The zero-order valence-corrected chi connectivity index (χ0v) is 15.9. The van der Waals surface area contributed by atoms with Crippen LogP contribution in [0, 0.1) is 0 Å². The molecule has 4 rings (SSSR count). The van der Waals surface area contributed by atoms with Gasteiger partial charge in [-0.25, -0.2) is 4.68 Å². The number of amides is 1. The van der Waals surface area contributed by atoms with Gasteiger partial charge in [0.05, 0.1) is 0 Å². The van der Waals surface area contributed by atoms with Gasteiger partial charge in [-0.15, -0.1) is 10.2 Å². The molecule has 142 valence electrons. The van der Waals surface area contributed by atoms with E-state index in [0.29, 0.717) is 23.9 Å².